The Bertz CT molecular complexity index is 747. The number of hydrogen-bond donors (Lipinski definition) is 0. The van der Waals surface area contributed by atoms with Crippen molar-refractivity contribution in [3.05, 3.63) is 70.3 Å². The maximum absolute atomic E-state index is 11.8. The summed E-state index contributed by atoms with van der Waals surface area (Å²) in [6, 6.07) is 6.17. The number of carbonyl (C=O) groups is 1. The number of carbonyl (C=O) groups excluding carboxylic acids is 1. The van der Waals surface area contributed by atoms with Crippen molar-refractivity contribution in [1.82, 2.24) is 5.73 Å². The van der Waals surface area contributed by atoms with Crippen LogP contribution in [0.4, 0.5) is 0 Å². The van der Waals surface area contributed by atoms with Crippen molar-refractivity contribution in [2.45, 2.75) is 20.3 Å². The van der Waals surface area contributed by atoms with Gasteiger partial charge in [0.25, 0.3) is 5.91 Å². The molecule has 0 heterocycles. The zero-order valence-electron chi connectivity index (χ0n) is 12.4. The van der Waals surface area contributed by atoms with Crippen LogP contribution in [0.3, 0.4) is 0 Å². The van der Waals surface area contributed by atoms with Gasteiger partial charge in [-0.25, -0.2) is 0 Å². The Morgan fingerprint density at radius 3 is 2.86 bits per heavy atom. The minimum Gasteiger partial charge on any atom is -0.267 e. The zero-order chi connectivity index (χ0) is 15.1. The number of benzene rings is 1. The first-order chi connectivity index (χ1) is 10.0. The normalized spacial score (nSPS) is 20.6. The third kappa shape index (κ3) is 2.07. The van der Waals surface area contributed by atoms with Crippen LogP contribution < -0.4 is 5.73 Å². The number of hydrogen-bond acceptors (Lipinski definition) is 1. The summed E-state index contributed by atoms with van der Waals surface area (Å²) in [6.45, 7) is 8.16. The fraction of sp³-hybridized carbons (Fsp3) is 0.211. The van der Waals surface area contributed by atoms with E-state index in [0.29, 0.717) is 5.57 Å². The van der Waals surface area contributed by atoms with Crippen LogP contribution in [-0.2, 0) is 11.2 Å². The molecule has 105 valence electrons. The van der Waals surface area contributed by atoms with E-state index in [1.807, 2.05) is 32.1 Å². The lowest BCUT2D eigenvalue weighted by Gasteiger charge is -2.25. The standard InChI is InChI=1S/C19H18NO/c1-11-10-17(19(20)21)18(13(3)12(11)2)16-9-5-7-14-6-4-8-15(14)16/h4-5,7-11,20H,2,6H2,1,3H3. The molecule has 21 heavy (non-hydrogen) atoms. The summed E-state index contributed by atoms with van der Waals surface area (Å²) in [5, 5.41) is 0. The Morgan fingerprint density at radius 1 is 1.38 bits per heavy atom. The average Bonchev–Trinajstić information content (AvgIpc) is 2.93. The molecule has 1 aromatic carbocycles. The van der Waals surface area contributed by atoms with Crippen LogP contribution in [-0.4, -0.2) is 5.91 Å². The Morgan fingerprint density at radius 2 is 2.14 bits per heavy atom. The van der Waals surface area contributed by atoms with Crippen LogP contribution in [0, 0.1) is 5.92 Å². The van der Waals surface area contributed by atoms with Gasteiger partial charge in [0.1, 0.15) is 0 Å². The fourth-order valence-electron chi connectivity index (χ4n) is 3.18. The lowest BCUT2D eigenvalue weighted by Crippen LogP contribution is -2.15. The highest BCUT2D eigenvalue weighted by atomic mass is 16.1. The fourth-order valence-corrected chi connectivity index (χ4v) is 3.18. The van der Waals surface area contributed by atoms with Gasteiger partial charge in [-0.1, -0.05) is 49.9 Å². The molecule has 0 bridgehead atoms. The van der Waals surface area contributed by atoms with Gasteiger partial charge in [-0.05, 0) is 52.7 Å². The van der Waals surface area contributed by atoms with Crippen LogP contribution in [0.5, 0.6) is 0 Å². The van der Waals surface area contributed by atoms with Crippen molar-refractivity contribution in [2.75, 3.05) is 0 Å². The highest BCUT2D eigenvalue weighted by Crippen LogP contribution is 2.41. The van der Waals surface area contributed by atoms with Gasteiger partial charge in [-0.2, -0.15) is 0 Å². The van der Waals surface area contributed by atoms with Crippen LogP contribution in [0.25, 0.3) is 11.6 Å². The number of rotatable bonds is 2. The molecule has 2 aliphatic carbocycles. The van der Waals surface area contributed by atoms with E-state index in [1.165, 1.54) is 11.1 Å². The number of allylic oxidation sites excluding steroid dienone is 4. The van der Waals surface area contributed by atoms with Crippen molar-refractivity contribution >= 4 is 17.6 Å². The second-order valence-corrected chi connectivity index (χ2v) is 5.71. The topological polar surface area (TPSA) is 40.9 Å². The summed E-state index contributed by atoms with van der Waals surface area (Å²) >= 11 is 0. The van der Waals surface area contributed by atoms with Crippen LogP contribution in [0.15, 0.2) is 53.6 Å². The molecule has 3 rings (SSSR count). The Labute approximate surface area is 125 Å². The molecular weight excluding hydrogens is 258 g/mol. The van der Waals surface area contributed by atoms with Gasteiger partial charge < -0.3 is 0 Å². The molecule has 2 aliphatic rings. The first kappa shape index (κ1) is 13.6. The smallest absolute Gasteiger partial charge is 0.267 e. The van der Waals surface area contributed by atoms with Gasteiger partial charge >= 0.3 is 0 Å². The van der Waals surface area contributed by atoms with Crippen molar-refractivity contribution in [3.8, 4) is 0 Å². The summed E-state index contributed by atoms with van der Waals surface area (Å²) in [5.74, 6) is -0.520. The predicted molar refractivity (Wildman–Crippen MR) is 86.3 cm³/mol. The van der Waals surface area contributed by atoms with Crippen LogP contribution >= 0.6 is 0 Å². The maximum Gasteiger partial charge on any atom is 0.270 e. The van der Waals surface area contributed by atoms with E-state index in [0.717, 1.165) is 28.7 Å². The van der Waals surface area contributed by atoms with Crippen molar-refractivity contribution < 1.29 is 4.79 Å². The first-order valence-corrected chi connectivity index (χ1v) is 7.17. The second kappa shape index (κ2) is 4.88. The van der Waals surface area contributed by atoms with Crippen molar-refractivity contribution in [3.63, 3.8) is 0 Å². The molecule has 1 atom stereocenters. The molecule has 1 amide bonds. The predicted octanol–water partition coefficient (Wildman–Crippen LogP) is 3.97. The first-order valence-electron chi connectivity index (χ1n) is 7.17. The third-order valence-electron chi connectivity index (χ3n) is 4.42. The Hall–Kier alpha value is -2.35. The van der Waals surface area contributed by atoms with E-state index >= 15 is 0 Å². The molecule has 0 saturated heterocycles. The van der Waals surface area contributed by atoms with E-state index in [9.17, 15) is 4.79 Å². The number of nitrogens with one attached hydrogen (secondary N) is 1. The lowest BCUT2D eigenvalue weighted by atomic mass is 9.78. The molecule has 0 fully saturated rings. The molecule has 2 nitrogen and oxygen atoms in total. The Balaban J connectivity index is 2.27. The summed E-state index contributed by atoms with van der Waals surface area (Å²) < 4.78 is 0. The largest absolute Gasteiger partial charge is 0.270 e. The summed E-state index contributed by atoms with van der Waals surface area (Å²) in [5.41, 5.74) is 14.5. The van der Waals surface area contributed by atoms with Crippen LogP contribution in [0.1, 0.15) is 30.5 Å². The highest BCUT2D eigenvalue weighted by molar-refractivity contribution is 6.11. The van der Waals surface area contributed by atoms with Gasteiger partial charge in [-0.3, -0.25) is 10.5 Å². The molecule has 0 aromatic heterocycles. The maximum atomic E-state index is 11.8. The average molecular weight is 276 g/mol. The molecule has 1 N–H and O–H groups in total. The van der Waals surface area contributed by atoms with Gasteiger partial charge in [0.15, 0.2) is 0 Å². The van der Waals surface area contributed by atoms with Gasteiger partial charge in [0.05, 0.1) is 0 Å². The van der Waals surface area contributed by atoms with E-state index in [1.54, 1.807) is 0 Å². The van der Waals surface area contributed by atoms with Gasteiger partial charge in [0, 0.05) is 5.57 Å². The van der Waals surface area contributed by atoms with Gasteiger partial charge in [0.2, 0.25) is 0 Å². The van der Waals surface area contributed by atoms with E-state index < -0.39 is 5.91 Å². The summed E-state index contributed by atoms with van der Waals surface area (Å²) in [7, 11) is 0. The monoisotopic (exact) mass is 276 g/mol. The quantitative estimate of drug-likeness (QED) is 0.805. The molecule has 1 unspecified atom stereocenters. The molecule has 0 saturated carbocycles. The molecule has 1 aromatic rings. The van der Waals surface area contributed by atoms with Gasteiger partial charge in [-0.15, -0.1) is 0 Å². The zero-order valence-corrected chi connectivity index (χ0v) is 12.4. The lowest BCUT2D eigenvalue weighted by molar-refractivity contribution is -0.114. The molecule has 1 radical (unpaired) electrons. The molecule has 0 spiro atoms. The Kier molecular flexibility index (Phi) is 3.17. The highest BCUT2D eigenvalue weighted by Gasteiger charge is 2.27. The summed E-state index contributed by atoms with van der Waals surface area (Å²) in [4.78, 5) is 11.8. The number of amides is 1. The van der Waals surface area contributed by atoms with Crippen molar-refractivity contribution in [1.29, 1.82) is 0 Å². The second-order valence-electron chi connectivity index (χ2n) is 5.71. The van der Waals surface area contributed by atoms with E-state index in [2.05, 4.69) is 24.8 Å². The minimum atomic E-state index is -0.622. The number of fused-ring (bicyclic) bond motifs is 1. The molecule has 0 aliphatic heterocycles. The van der Waals surface area contributed by atoms with Crippen molar-refractivity contribution in [2.24, 2.45) is 5.92 Å². The minimum absolute atomic E-state index is 0.102. The molecular formula is C19H18NO. The summed E-state index contributed by atoms with van der Waals surface area (Å²) in [6.07, 6.45) is 7.05. The van der Waals surface area contributed by atoms with Crippen LogP contribution in [0.2, 0.25) is 0 Å². The van der Waals surface area contributed by atoms with E-state index in [-0.39, 0.29) is 5.92 Å². The van der Waals surface area contributed by atoms with E-state index in [4.69, 9.17) is 5.73 Å². The SMILES string of the molecule is C=C1C(C)=C(c2cccc3c2C=CC3)C(C([NH])=O)=CC1C. The molecule has 2 heteroatoms. The third-order valence-corrected chi connectivity index (χ3v) is 4.42.